The van der Waals surface area contributed by atoms with Gasteiger partial charge in [-0.2, -0.15) is 0 Å². The Hall–Kier alpha value is -2.40. The van der Waals surface area contributed by atoms with E-state index in [1.54, 1.807) is 6.20 Å². The van der Waals surface area contributed by atoms with Gasteiger partial charge in [0.2, 0.25) is 0 Å². The van der Waals surface area contributed by atoms with Gasteiger partial charge in [0.1, 0.15) is 12.5 Å². The molecule has 11 heteroatoms. The quantitative estimate of drug-likeness (QED) is 0.531. The number of H-pyrrole nitrogens is 1. The summed E-state index contributed by atoms with van der Waals surface area (Å²) < 4.78 is 52.9. The van der Waals surface area contributed by atoms with Crippen molar-refractivity contribution in [2.24, 2.45) is 17.8 Å². The van der Waals surface area contributed by atoms with E-state index in [1.807, 2.05) is 13.8 Å². The average Bonchev–Trinajstić information content (AvgIpc) is 3.18. The van der Waals surface area contributed by atoms with E-state index in [0.29, 0.717) is 23.7 Å². The summed E-state index contributed by atoms with van der Waals surface area (Å²) in [5.41, 5.74) is 6.37. The zero-order valence-corrected chi connectivity index (χ0v) is 20.9. The van der Waals surface area contributed by atoms with Crippen molar-refractivity contribution >= 4 is 5.82 Å². The van der Waals surface area contributed by atoms with Gasteiger partial charge in [-0.15, -0.1) is 13.2 Å². The maximum atomic E-state index is 12.3. The number of alkyl halides is 4. The third-order valence-corrected chi connectivity index (χ3v) is 7.19. The van der Waals surface area contributed by atoms with Crippen LogP contribution < -0.4 is 10.5 Å². The van der Waals surface area contributed by atoms with Crippen LogP contribution in [0.2, 0.25) is 0 Å². The Morgan fingerprint density at radius 2 is 1.78 bits per heavy atom. The lowest BCUT2D eigenvalue weighted by molar-refractivity contribution is -0.274. The fraction of sp³-hybridized carbons (Fsp3) is 0.680. The molecule has 0 amide bonds. The maximum Gasteiger partial charge on any atom is 0.573 e. The first-order valence-corrected chi connectivity index (χ1v) is 12.7. The van der Waals surface area contributed by atoms with E-state index in [9.17, 15) is 17.6 Å². The van der Waals surface area contributed by atoms with Crippen LogP contribution in [0.1, 0.15) is 38.9 Å². The molecule has 2 atom stereocenters. The van der Waals surface area contributed by atoms with E-state index in [0.717, 1.165) is 43.2 Å². The van der Waals surface area contributed by atoms with Gasteiger partial charge in [0.15, 0.2) is 11.6 Å². The molecule has 2 unspecified atom stereocenters. The lowest BCUT2D eigenvalue weighted by Gasteiger charge is -2.38. The second-order valence-corrected chi connectivity index (χ2v) is 10.4. The topological polar surface area (TPSA) is 83.3 Å². The molecular weight excluding hydrogens is 476 g/mol. The van der Waals surface area contributed by atoms with Crippen LogP contribution in [0.15, 0.2) is 18.5 Å². The van der Waals surface area contributed by atoms with Crippen LogP contribution >= 0.6 is 0 Å². The number of halogens is 4. The van der Waals surface area contributed by atoms with E-state index in [1.165, 1.54) is 44.6 Å². The number of aromatic amines is 1. The molecule has 2 saturated carbocycles. The summed E-state index contributed by atoms with van der Waals surface area (Å²) in [6.07, 6.45) is 3.26. The molecule has 3 heterocycles. The van der Waals surface area contributed by atoms with Gasteiger partial charge in [-0.05, 0) is 43.1 Å². The first-order chi connectivity index (χ1) is 17.1. The molecule has 7 nitrogen and oxygen atoms in total. The van der Waals surface area contributed by atoms with Crippen molar-refractivity contribution in [3.8, 4) is 17.0 Å². The lowest BCUT2D eigenvalue weighted by Crippen LogP contribution is -2.50. The minimum Gasteiger partial charge on any atom is -0.402 e. The summed E-state index contributed by atoms with van der Waals surface area (Å²) in [4.78, 5) is 15.8. The molecule has 0 bridgehead atoms. The van der Waals surface area contributed by atoms with Crippen molar-refractivity contribution < 1.29 is 22.3 Å². The number of imidazole rings is 1. The summed E-state index contributed by atoms with van der Waals surface area (Å²) in [6, 6.07) is 2.06. The Kier molecular flexibility index (Phi) is 8.39. The van der Waals surface area contributed by atoms with Gasteiger partial charge in [-0.3, -0.25) is 9.80 Å². The number of hydrogen-bond acceptors (Lipinski definition) is 6. The fourth-order valence-corrected chi connectivity index (χ4v) is 5.26. The summed E-state index contributed by atoms with van der Waals surface area (Å²) in [6.45, 7) is 9.04. The number of nitrogens with zero attached hydrogens (tertiary/aromatic N) is 4. The van der Waals surface area contributed by atoms with Crippen LogP contribution in [-0.4, -0.2) is 76.6 Å². The number of ether oxygens (including phenoxy) is 1. The monoisotopic (exact) mass is 512 g/mol. The lowest BCUT2D eigenvalue weighted by atomic mass is 10.1. The Morgan fingerprint density at radius 1 is 1.08 bits per heavy atom. The Morgan fingerprint density at radius 3 is 2.39 bits per heavy atom. The van der Waals surface area contributed by atoms with E-state index in [4.69, 9.17) is 5.73 Å². The number of pyridine rings is 1. The highest BCUT2D eigenvalue weighted by Gasteiger charge is 2.47. The molecule has 3 N–H and O–H groups in total. The highest BCUT2D eigenvalue weighted by Crippen LogP contribution is 2.53. The molecular formula is C25H36F4N6O. The van der Waals surface area contributed by atoms with E-state index in [2.05, 4.69) is 29.5 Å². The van der Waals surface area contributed by atoms with Crippen LogP contribution in [0, 0.1) is 17.8 Å². The Labute approximate surface area is 209 Å². The highest BCUT2D eigenvalue weighted by atomic mass is 19.4. The SMILES string of the molecule is CC(C)Cc1ncc(-c2cnc(N)c(OC(F)(F)F)c2)[nH]1.FCCN1CCN(C2CC3CC3C2)CC1. The third-order valence-electron chi connectivity index (χ3n) is 7.19. The number of nitrogen functional groups attached to an aromatic ring is 1. The van der Waals surface area contributed by atoms with Crippen LogP contribution in [0.25, 0.3) is 11.3 Å². The number of nitrogens with two attached hydrogens (primary N) is 1. The van der Waals surface area contributed by atoms with E-state index >= 15 is 0 Å². The molecule has 200 valence electrons. The van der Waals surface area contributed by atoms with Gasteiger partial charge in [0, 0.05) is 56.9 Å². The van der Waals surface area contributed by atoms with Gasteiger partial charge < -0.3 is 15.5 Å². The number of nitrogens with one attached hydrogen (secondary N) is 1. The Bertz CT molecular complexity index is 979. The van der Waals surface area contributed by atoms with Crippen molar-refractivity contribution in [2.75, 3.05) is 45.1 Å². The molecule has 1 saturated heterocycles. The molecule has 36 heavy (non-hydrogen) atoms. The Balaban J connectivity index is 0.000000178. The van der Waals surface area contributed by atoms with Gasteiger partial charge in [0.25, 0.3) is 0 Å². The molecule has 3 fully saturated rings. The standard InChI is InChI=1S/C13H15F3N4O.C12H21FN2/c1-7(2)3-11-18-6-9(20-11)8-4-10(12(17)19-5-8)21-13(14,15)16;13-1-2-14-3-5-15(6-4-14)12-8-10-7-11(10)9-12/h4-7H,3H2,1-2H3,(H2,17,19)(H,18,20);10-12H,1-9H2. The van der Waals surface area contributed by atoms with Crippen LogP contribution in [0.5, 0.6) is 5.75 Å². The number of aromatic nitrogens is 3. The largest absolute Gasteiger partial charge is 0.573 e. The van der Waals surface area contributed by atoms with Crippen molar-refractivity contribution in [1.29, 1.82) is 0 Å². The zero-order valence-electron chi connectivity index (χ0n) is 20.9. The predicted octanol–water partition coefficient (Wildman–Crippen LogP) is 4.52. The minimum absolute atomic E-state index is 0.187. The fourth-order valence-electron chi connectivity index (χ4n) is 5.26. The minimum atomic E-state index is -4.81. The smallest absolute Gasteiger partial charge is 0.402 e. The highest BCUT2D eigenvalue weighted by molar-refractivity contribution is 5.63. The zero-order chi connectivity index (χ0) is 25.9. The molecule has 5 rings (SSSR count). The van der Waals surface area contributed by atoms with E-state index < -0.39 is 12.1 Å². The normalized spacial score (nSPS) is 24.4. The summed E-state index contributed by atoms with van der Waals surface area (Å²) in [5.74, 6) is 2.49. The summed E-state index contributed by atoms with van der Waals surface area (Å²) >= 11 is 0. The molecule has 0 aromatic carbocycles. The van der Waals surface area contributed by atoms with E-state index in [-0.39, 0.29) is 12.5 Å². The maximum absolute atomic E-state index is 12.3. The first-order valence-electron chi connectivity index (χ1n) is 12.7. The number of piperazine rings is 1. The second kappa shape index (κ2) is 11.3. The summed E-state index contributed by atoms with van der Waals surface area (Å²) in [5, 5.41) is 0. The number of hydrogen-bond donors (Lipinski definition) is 2. The van der Waals surface area contributed by atoms with Crippen LogP contribution in [0.3, 0.4) is 0 Å². The van der Waals surface area contributed by atoms with Gasteiger partial charge in [0.05, 0.1) is 11.9 Å². The molecule has 0 radical (unpaired) electrons. The predicted molar refractivity (Wildman–Crippen MR) is 130 cm³/mol. The summed E-state index contributed by atoms with van der Waals surface area (Å²) in [7, 11) is 0. The van der Waals surface area contributed by atoms with Crippen molar-refractivity contribution in [2.45, 2.75) is 51.9 Å². The molecule has 2 aliphatic carbocycles. The molecule has 1 aliphatic heterocycles. The molecule has 0 spiro atoms. The van der Waals surface area contributed by atoms with Crippen molar-refractivity contribution in [3.05, 3.63) is 24.3 Å². The van der Waals surface area contributed by atoms with Gasteiger partial charge >= 0.3 is 6.36 Å². The van der Waals surface area contributed by atoms with Gasteiger partial charge in [-0.1, -0.05) is 13.8 Å². The number of rotatable bonds is 7. The molecule has 2 aromatic heterocycles. The first kappa shape index (κ1) is 26.7. The number of fused-ring (bicyclic) bond motifs is 1. The third kappa shape index (κ3) is 7.32. The van der Waals surface area contributed by atoms with Crippen LogP contribution in [-0.2, 0) is 6.42 Å². The average molecular weight is 513 g/mol. The van der Waals surface area contributed by atoms with Crippen molar-refractivity contribution in [1.82, 2.24) is 24.8 Å². The number of anilines is 1. The van der Waals surface area contributed by atoms with Crippen LogP contribution in [0.4, 0.5) is 23.4 Å². The van der Waals surface area contributed by atoms with Crippen molar-refractivity contribution in [3.63, 3.8) is 0 Å². The molecule has 3 aliphatic rings. The molecule has 2 aromatic rings. The van der Waals surface area contributed by atoms with Gasteiger partial charge in [-0.25, -0.2) is 14.4 Å². The second-order valence-electron chi connectivity index (χ2n) is 10.4.